The van der Waals surface area contributed by atoms with E-state index in [1.54, 1.807) is 0 Å². The summed E-state index contributed by atoms with van der Waals surface area (Å²) >= 11 is 0. The topological polar surface area (TPSA) is 98.2 Å². The van der Waals surface area contributed by atoms with Gasteiger partial charge in [0.2, 0.25) is 0 Å². The molecular weight excluding hydrogens is 282 g/mol. The molecule has 0 aliphatic heterocycles. The normalized spacial score (nSPS) is 11.3. The standard InChI is InChI=1S/C16H23N3O3/c1-9(2)4-5-11-12(7-17-16(21)22)10(3)6-13-15(11)19-14(8-20)18-13/h6,9,17,20H,4-5,7-8H2,1-3H3,(H,18,19)(H,21,22). The van der Waals surface area contributed by atoms with Crippen LogP contribution < -0.4 is 5.32 Å². The molecule has 0 saturated carbocycles. The Kier molecular flexibility index (Phi) is 5.03. The zero-order valence-electron chi connectivity index (χ0n) is 13.2. The number of carboxylic acid groups (broad SMARTS) is 1. The Morgan fingerprint density at radius 2 is 2.14 bits per heavy atom. The summed E-state index contributed by atoms with van der Waals surface area (Å²) in [5.74, 6) is 1.08. The highest BCUT2D eigenvalue weighted by Gasteiger charge is 2.16. The predicted octanol–water partition coefficient (Wildman–Crippen LogP) is 2.72. The highest BCUT2D eigenvalue weighted by Crippen LogP contribution is 2.27. The van der Waals surface area contributed by atoms with Crippen LogP contribution in [0.1, 0.15) is 42.8 Å². The first kappa shape index (κ1) is 16.3. The summed E-state index contributed by atoms with van der Waals surface area (Å²) in [7, 11) is 0. The Bertz CT molecular complexity index is 677. The third kappa shape index (κ3) is 3.57. The smallest absolute Gasteiger partial charge is 0.404 e. The number of imidazole rings is 1. The van der Waals surface area contributed by atoms with Gasteiger partial charge >= 0.3 is 6.09 Å². The van der Waals surface area contributed by atoms with Gasteiger partial charge in [-0.25, -0.2) is 9.78 Å². The van der Waals surface area contributed by atoms with E-state index in [-0.39, 0.29) is 13.2 Å². The van der Waals surface area contributed by atoms with Crippen molar-refractivity contribution in [2.24, 2.45) is 5.92 Å². The number of hydrogen-bond acceptors (Lipinski definition) is 3. The molecule has 1 aromatic heterocycles. The van der Waals surface area contributed by atoms with Crippen molar-refractivity contribution in [3.8, 4) is 0 Å². The Labute approximate surface area is 129 Å². The minimum absolute atomic E-state index is 0.139. The number of aliphatic hydroxyl groups is 1. The summed E-state index contributed by atoms with van der Waals surface area (Å²) in [6.45, 7) is 6.42. The molecule has 0 saturated heterocycles. The van der Waals surface area contributed by atoms with E-state index in [4.69, 9.17) is 5.11 Å². The van der Waals surface area contributed by atoms with Gasteiger partial charge in [-0.05, 0) is 48.4 Å². The summed E-state index contributed by atoms with van der Waals surface area (Å²) in [4.78, 5) is 18.4. The van der Waals surface area contributed by atoms with Gasteiger partial charge in [-0.2, -0.15) is 0 Å². The lowest BCUT2D eigenvalue weighted by atomic mass is 9.94. The molecule has 1 heterocycles. The summed E-state index contributed by atoms with van der Waals surface area (Å²) < 4.78 is 0. The fourth-order valence-corrected chi connectivity index (χ4v) is 2.64. The van der Waals surface area contributed by atoms with Crippen molar-refractivity contribution in [1.29, 1.82) is 0 Å². The van der Waals surface area contributed by atoms with Crippen LogP contribution in [0.25, 0.3) is 11.0 Å². The number of aromatic nitrogens is 2. The number of aromatic amines is 1. The van der Waals surface area contributed by atoms with E-state index in [9.17, 15) is 9.90 Å². The van der Waals surface area contributed by atoms with Gasteiger partial charge in [0.15, 0.2) is 0 Å². The van der Waals surface area contributed by atoms with E-state index >= 15 is 0 Å². The fraction of sp³-hybridized carbons (Fsp3) is 0.500. The molecule has 6 heteroatoms. The fourth-order valence-electron chi connectivity index (χ4n) is 2.64. The molecule has 1 amide bonds. The number of nitrogens with one attached hydrogen (secondary N) is 2. The van der Waals surface area contributed by atoms with Gasteiger partial charge in [-0.3, -0.25) is 0 Å². The van der Waals surface area contributed by atoms with E-state index in [2.05, 4.69) is 29.1 Å². The molecule has 0 aliphatic carbocycles. The van der Waals surface area contributed by atoms with Crippen molar-refractivity contribution in [2.45, 2.75) is 46.8 Å². The van der Waals surface area contributed by atoms with Crippen LogP contribution >= 0.6 is 0 Å². The van der Waals surface area contributed by atoms with Crippen LogP contribution in [0.5, 0.6) is 0 Å². The minimum Gasteiger partial charge on any atom is -0.465 e. The van der Waals surface area contributed by atoms with Crippen LogP contribution in [-0.4, -0.2) is 26.3 Å². The monoisotopic (exact) mass is 305 g/mol. The maximum absolute atomic E-state index is 10.8. The summed E-state index contributed by atoms with van der Waals surface area (Å²) in [5, 5.41) is 20.6. The van der Waals surface area contributed by atoms with Crippen molar-refractivity contribution >= 4 is 17.1 Å². The molecule has 2 aromatic rings. The average molecular weight is 305 g/mol. The van der Waals surface area contributed by atoms with E-state index in [0.717, 1.165) is 40.6 Å². The highest BCUT2D eigenvalue weighted by atomic mass is 16.4. The molecule has 0 radical (unpaired) electrons. The average Bonchev–Trinajstić information content (AvgIpc) is 2.85. The van der Waals surface area contributed by atoms with Crippen LogP contribution in [0.2, 0.25) is 0 Å². The van der Waals surface area contributed by atoms with E-state index in [1.165, 1.54) is 0 Å². The Morgan fingerprint density at radius 3 is 2.73 bits per heavy atom. The largest absolute Gasteiger partial charge is 0.465 e. The molecule has 0 bridgehead atoms. The number of fused-ring (bicyclic) bond motifs is 1. The summed E-state index contributed by atoms with van der Waals surface area (Å²) in [5.41, 5.74) is 4.78. The van der Waals surface area contributed by atoms with E-state index in [1.807, 2.05) is 13.0 Å². The lowest BCUT2D eigenvalue weighted by molar-refractivity contribution is 0.194. The van der Waals surface area contributed by atoms with Crippen LogP contribution in [0.15, 0.2) is 6.07 Å². The molecule has 4 N–H and O–H groups in total. The maximum atomic E-state index is 10.8. The number of aliphatic hydroxyl groups excluding tert-OH is 1. The van der Waals surface area contributed by atoms with Gasteiger partial charge in [0.05, 0.1) is 11.0 Å². The number of benzene rings is 1. The maximum Gasteiger partial charge on any atom is 0.404 e. The lowest BCUT2D eigenvalue weighted by Crippen LogP contribution is -2.21. The third-order valence-electron chi connectivity index (χ3n) is 3.81. The first-order chi connectivity index (χ1) is 10.4. The summed E-state index contributed by atoms with van der Waals surface area (Å²) in [6.07, 6.45) is 0.801. The molecule has 0 unspecified atom stereocenters. The van der Waals surface area contributed by atoms with Crippen molar-refractivity contribution in [3.05, 3.63) is 28.6 Å². The molecule has 1 aromatic carbocycles. The van der Waals surface area contributed by atoms with Gasteiger partial charge in [-0.1, -0.05) is 13.8 Å². The Hall–Kier alpha value is -2.08. The molecule has 0 spiro atoms. The third-order valence-corrected chi connectivity index (χ3v) is 3.81. The van der Waals surface area contributed by atoms with Crippen LogP contribution in [0.4, 0.5) is 4.79 Å². The molecular formula is C16H23N3O3. The quantitative estimate of drug-likeness (QED) is 0.659. The van der Waals surface area contributed by atoms with Gasteiger partial charge in [0.1, 0.15) is 12.4 Å². The second-order valence-electron chi connectivity index (χ2n) is 5.98. The Morgan fingerprint density at radius 1 is 1.41 bits per heavy atom. The zero-order valence-corrected chi connectivity index (χ0v) is 13.2. The van der Waals surface area contributed by atoms with Crippen molar-refractivity contribution in [1.82, 2.24) is 15.3 Å². The van der Waals surface area contributed by atoms with Gasteiger partial charge in [-0.15, -0.1) is 0 Å². The first-order valence-corrected chi connectivity index (χ1v) is 7.50. The van der Waals surface area contributed by atoms with Crippen LogP contribution in [0.3, 0.4) is 0 Å². The zero-order chi connectivity index (χ0) is 16.3. The molecule has 2 rings (SSSR count). The highest BCUT2D eigenvalue weighted by molar-refractivity contribution is 5.82. The SMILES string of the molecule is Cc1cc2[nH]c(CO)nc2c(CCC(C)C)c1CNC(=O)O. The number of nitrogens with zero attached hydrogens (tertiary/aromatic N) is 1. The molecule has 0 aliphatic rings. The second kappa shape index (κ2) is 6.79. The predicted molar refractivity (Wildman–Crippen MR) is 84.8 cm³/mol. The van der Waals surface area contributed by atoms with Gasteiger partial charge in [0, 0.05) is 6.54 Å². The number of aryl methyl sites for hydroxylation is 2. The van der Waals surface area contributed by atoms with Gasteiger partial charge in [0.25, 0.3) is 0 Å². The number of amides is 1. The van der Waals surface area contributed by atoms with Crippen molar-refractivity contribution in [3.63, 3.8) is 0 Å². The molecule has 120 valence electrons. The van der Waals surface area contributed by atoms with Crippen LogP contribution in [0, 0.1) is 12.8 Å². The molecule has 6 nitrogen and oxygen atoms in total. The number of H-pyrrole nitrogens is 1. The minimum atomic E-state index is -1.03. The Balaban J connectivity index is 2.50. The van der Waals surface area contributed by atoms with E-state index < -0.39 is 6.09 Å². The van der Waals surface area contributed by atoms with Crippen molar-refractivity contribution < 1.29 is 15.0 Å². The summed E-state index contributed by atoms with van der Waals surface area (Å²) in [6, 6.07) is 1.96. The number of carbonyl (C=O) groups is 1. The van der Waals surface area contributed by atoms with Crippen LogP contribution in [-0.2, 0) is 19.6 Å². The van der Waals surface area contributed by atoms with Gasteiger partial charge < -0.3 is 20.5 Å². The number of rotatable bonds is 6. The second-order valence-corrected chi connectivity index (χ2v) is 5.98. The molecule has 0 atom stereocenters. The molecule has 0 fully saturated rings. The molecule has 22 heavy (non-hydrogen) atoms. The lowest BCUT2D eigenvalue weighted by Gasteiger charge is -2.15. The number of hydrogen-bond donors (Lipinski definition) is 4. The first-order valence-electron chi connectivity index (χ1n) is 7.50. The van der Waals surface area contributed by atoms with Crippen molar-refractivity contribution in [2.75, 3.05) is 0 Å². The van der Waals surface area contributed by atoms with E-state index in [0.29, 0.717) is 11.7 Å².